The van der Waals surface area contributed by atoms with Crippen LogP contribution in [0.4, 0.5) is 0 Å². The fourth-order valence-corrected chi connectivity index (χ4v) is 3.65. The summed E-state index contributed by atoms with van der Waals surface area (Å²) in [6, 6.07) is 8.33. The first-order valence-electron chi connectivity index (χ1n) is 7.48. The highest BCUT2D eigenvalue weighted by molar-refractivity contribution is 9.10. The third-order valence-corrected chi connectivity index (χ3v) is 5.24. The van der Waals surface area contributed by atoms with Gasteiger partial charge in [-0.1, -0.05) is 54.2 Å². The molecule has 1 fully saturated rings. The molecule has 0 spiro atoms. The van der Waals surface area contributed by atoms with Crippen LogP contribution >= 0.6 is 15.9 Å². The number of halogens is 1. The molecule has 0 heterocycles. The zero-order valence-corrected chi connectivity index (χ0v) is 13.6. The van der Waals surface area contributed by atoms with Crippen molar-refractivity contribution < 1.29 is 5.11 Å². The Morgan fingerprint density at radius 3 is 2.58 bits per heavy atom. The lowest BCUT2D eigenvalue weighted by Gasteiger charge is -2.38. The minimum atomic E-state index is -0.568. The highest BCUT2D eigenvalue weighted by atomic mass is 79.9. The molecule has 1 aliphatic carbocycles. The third-order valence-electron chi connectivity index (χ3n) is 4.71. The highest BCUT2D eigenvalue weighted by Crippen LogP contribution is 2.38. The van der Waals surface area contributed by atoms with Gasteiger partial charge in [0.2, 0.25) is 0 Å². The summed E-state index contributed by atoms with van der Waals surface area (Å²) in [5.74, 6) is 1.27. The second kappa shape index (κ2) is 6.41. The highest BCUT2D eigenvalue weighted by Gasteiger charge is 2.35. The van der Waals surface area contributed by atoms with Crippen molar-refractivity contribution in [2.24, 2.45) is 11.8 Å². The summed E-state index contributed by atoms with van der Waals surface area (Å²) >= 11 is 3.46. The molecule has 19 heavy (non-hydrogen) atoms. The molecule has 0 aromatic heterocycles. The normalized spacial score (nSPS) is 26.9. The Kier molecular flexibility index (Phi) is 5.08. The molecule has 0 amide bonds. The van der Waals surface area contributed by atoms with Crippen molar-refractivity contribution in [2.75, 3.05) is 0 Å². The number of aliphatic hydroxyl groups is 1. The van der Waals surface area contributed by atoms with Crippen LogP contribution in [-0.4, -0.2) is 10.7 Å². The summed E-state index contributed by atoms with van der Waals surface area (Å²) in [6.45, 7) is 4.30. The molecule has 1 N–H and O–H groups in total. The van der Waals surface area contributed by atoms with Crippen LogP contribution in [0.25, 0.3) is 0 Å². The van der Waals surface area contributed by atoms with Crippen LogP contribution in [0.1, 0.15) is 51.5 Å². The second-order valence-electron chi connectivity index (χ2n) is 6.30. The van der Waals surface area contributed by atoms with Crippen molar-refractivity contribution in [1.29, 1.82) is 0 Å². The van der Waals surface area contributed by atoms with Gasteiger partial charge < -0.3 is 5.11 Å². The predicted molar refractivity (Wildman–Crippen MR) is 84.2 cm³/mol. The molecule has 3 unspecified atom stereocenters. The molecule has 1 aromatic rings. The standard InChI is InChI=1S/C17H25BrO/c1-3-13-5-4-6-15(11-13)17(2,19)12-14-7-9-16(18)10-8-14/h7-10,13,15,19H,3-6,11-12H2,1-2H3. The maximum absolute atomic E-state index is 10.9. The van der Waals surface area contributed by atoms with Crippen LogP contribution in [0.5, 0.6) is 0 Å². The van der Waals surface area contributed by atoms with Crippen molar-refractivity contribution >= 4 is 15.9 Å². The molecular weight excluding hydrogens is 300 g/mol. The molecule has 1 aromatic carbocycles. The van der Waals surface area contributed by atoms with Gasteiger partial charge in [0.05, 0.1) is 5.60 Å². The molecule has 2 rings (SSSR count). The van der Waals surface area contributed by atoms with Gasteiger partial charge in [0.25, 0.3) is 0 Å². The minimum absolute atomic E-state index is 0.454. The summed E-state index contributed by atoms with van der Waals surface area (Å²) in [5, 5.41) is 10.9. The maximum Gasteiger partial charge on any atom is 0.0688 e. The Morgan fingerprint density at radius 2 is 1.95 bits per heavy atom. The summed E-state index contributed by atoms with van der Waals surface area (Å²) < 4.78 is 1.10. The molecular formula is C17H25BrO. The quantitative estimate of drug-likeness (QED) is 0.829. The molecule has 1 saturated carbocycles. The van der Waals surface area contributed by atoms with E-state index in [1.54, 1.807) is 0 Å². The topological polar surface area (TPSA) is 20.2 Å². The van der Waals surface area contributed by atoms with Crippen LogP contribution in [0.3, 0.4) is 0 Å². The van der Waals surface area contributed by atoms with Crippen LogP contribution < -0.4 is 0 Å². The summed E-state index contributed by atoms with van der Waals surface area (Å²) in [7, 11) is 0. The van der Waals surface area contributed by atoms with Gasteiger partial charge in [-0.15, -0.1) is 0 Å². The molecule has 1 aliphatic rings. The molecule has 0 bridgehead atoms. The first kappa shape index (κ1) is 15.1. The van der Waals surface area contributed by atoms with E-state index in [1.807, 2.05) is 6.92 Å². The van der Waals surface area contributed by atoms with E-state index in [9.17, 15) is 5.11 Å². The molecule has 1 nitrogen and oxygen atoms in total. The molecule has 0 saturated heterocycles. The van der Waals surface area contributed by atoms with Gasteiger partial charge in [-0.3, -0.25) is 0 Å². The van der Waals surface area contributed by atoms with Gasteiger partial charge in [0, 0.05) is 10.9 Å². The van der Waals surface area contributed by atoms with E-state index >= 15 is 0 Å². The lowest BCUT2D eigenvalue weighted by atomic mass is 9.71. The number of hydrogen-bond donors (Lipinski definition) is 1. The number of benzene rings is 1. The van der Waals surface area contributed by atoms with Crippen molar-refractivity contribution in [3.05, 3.63) is 34.3 Å². The first-order chi connectivity index (χ1) is 9.01. The van der Waals surface area contributed by atoms with Gasteiger partial charge in [0.15, 0.2) is 0 Å². The van der Waals surface area contributed by atoms with Crippen molar-refractivity contribution in [2.45, 2.75) is 58.0 Å². The third kappa shape index (κ3) is 4.06. The number of hydrogen-bond acceptors (Lipinski definition) is 1. The van der Waals surface area contributed by atoms with E-state index in [2.05, 4.69) is 47.1 Å². The van der Waals surface area contributed by atoms with Crippen LogP contribution in [0.15, 0.2) is 28.7 Å². The Labute approximate surface area is 125 Å². The summed E-state index contributed by atoms with van der Waals surface area (Å²) in [6.07, 6.45) is 7.02. The van der Waals surface area contributed by atoms with E-state index in [0.29, 0.717) is 5.92 Å². The SMILES string of the molecule is CCC1CCCC(C(C)(O)Cc2ccc(Br)cc2)C1. The molecule has 0 radical (unpaired) electrons. The average molecular weight is 325 g/mol. The number of rotatable bonds is 4. The minimum Gasteiger partial charge on any atom is -0.390 e. The largest absolute Gasteiger partial charge is 0.390 e. The van der Waals surface area contributed by atoms with Crippen molar-refractivity contribution in [3.63, 3.8) is 0 Å². The van der Waals surface area contributed by atoms with E-state index < -0.39 is 5.60 Å². The fourth-order valence-electron chi connectivity index (χ4n) is 3.39. The predicted octanol–water partition coefficient (Wildman–Crippen LogP) is 4.96. The van der Waals surface area contributed by atoms with Crippen molar-refractivity contribution in [1.82, 2.24) is 0 Å². The lowest BCUT2D eigenvalue weighted by Crippen LogP contribution is -2.39. The van der Waals surface area contributed by atoms with Crippen LogP contribution in [-0.2, 0) is 6.42 Å². The zero-order chi connectivity index (χ0) is 13.9. The van der Waals surface area contributed by atoms with Crippen LogP contribution in [0, 0.1) is 11.8 Å². The second-order valence-corrected chi connectivity index (χ2v) is 7.21. The fraction of sp³-hybridized carbons (Fsp3) is 0.647. The summed E-state index contributed by atoms with van der Waals surface area (Å²) in [5.41, 5.74) is 0.661. The van der Waals surface area contributed by atoms with E-state index in [1.165, 1.54) is 37.7 Å². The van der Waals surface area contributed by atoms with Gasteiger partial charge in [-0.2, -0.15) is 0 Å². The Bertz CT molecular complexity index is 396. The Morgan fingerprint density at radius 1 is 1.26 bits per heavy atom. The molecule has 0 aliphatic heterocycles. The van der Waals surface area contributed by atoms with Gasteiger partial charge in [0.1, 0.15) is 0 Å². The molecule has 2 heteroatoms. The molecule has 106 valence electrons. The van der Waals surface area contributed by atoms with Gasteiger partial charge >= 0.3 is 0 Å². The van der Waals surface area contributed by atoms with Gasteiger partial charge in [-0.25, -0.2) is 0 Å². The summed E-state index contributed by atoms with van der Waals surface area (Å²) in [4.78, 5) is 0. The zero-order valence-electron chi connectivity index (χ0n) is 12.0. The van der Waals surface area contributed by atoms with E-state index in [-0.39, 0.29) is 0 Å². The van der Waals surface area contributed by atoms with Crippen LogP contribution in [0.2, 0.25) is 0 Å². The lowest BCUT2D eigenvalue weighted by molar-refractivity contribution is -0.0256. The Balaban J connectivity index is 2.02. The monoisotopic (exact) mass is 324 g/mol. The maximum atomic E-state index is 10.9. The van der Waals surface area contributed by atoms with Gasteiger partial charge in [-0.05, 0) is 49.3 Å². The molecule has 3 atom stereocenters. The smallest absolute Gasteiger partial charge is 0.0688 e. The Hall–Kier alpha value is -0.340. The van der Waals surface area contributed by atoms with E-state index in [4.69, 9.17) is 0 Å². The first-order valence-corrected chi connectivity index (χ1v) is 8.27. The average Bonchev–Trinajstić information content (AvgIpc) is 2.41. The van der Waals surface area contributed by atoms with Crippen molar-refractivity contribution in [3.8, 4) is 0 Å². The van der Waals surface area contributed by atoms with E-state index in [0.717, 1.165) is 16.8 Å².